The standard InChI is InChI=1S/C17H18N4O2S/c1-9-10(2)24-16(18-9)17(3,4)19-15(23)13-11-7-5-6-8-12(11)14(22)21-20-13/h5-8H,1-4H3,(H,19,23)(H,21,22). The molecule has 0 bridgehead atoms. The molecule has 0 fully saturated rings. The molecule has 2 heterocycles. The Bertz CT molecular complexity index is 968. The van der Waals surface area contributed by atoms with Crippen molar-refractivity contribution in [2.24, 2.45) is 0 Å². The van der Waals surface area contributed by atoms with Crippen molar-refractivity contribution in [2.45, 2.75) is 33.2 Å². The average Bonchev–Trinajstić information content (AvgIpc) is 2.88. The van der Waals surface area contributed by atoms with Gasteiger partial charge in [-0.25, -0.2) is 10.1 Å². The molecule has 124 valence electrons. The molecule has 3 rings (SSSR count). The Hall–Kier alpha value is -2.54. The van der Waals surface area contributed by atoms with E-state index in [1.54, 1.807) is 35.6 Å². The Kier molecular flexibility index (Phi) is 3.96. The Morgan fingerprint density at radius 2 is 1.88 bits per heavy atom. The zero-order valence-corrected chi connectivity index (χ0v) is 14.7. The van der Waals surface area contributed by atoms with Gasteiger partial charge in [0.25, 0.3) is 11.5 Å². The summed E-state index contributed by atoms with van der Waals surface area (Å²) in [7, 11) is 0. The smallest absolute Gasteiger partial charge is 0.273 e. The maximum Gasteiger partial charge on any atom is 0.273 e. The molecule has 0 unspecified atom stereocenters. The molecule has 24 heavy (non-hydrogen) atoms. The van der Waals surface area contributed by atoms with Crippen molar-refractivity contribution in [1.29, 1.82) is 0 Å². The van der Waals surface area contributed by atoms with Gasteiger partial charge in [-0.15, -0.1) is 11.3 Å². The fourth-order valence-corrected chi connectivity index (χ4v) is 3.40. The molecule has 1 amide bonds. The number of aromatic amines is 1. The monoisotopic (exact) mass is 342 g/mol. The SMILES string of the molecule is Cc1nc(C(C)(C)NC(=O)c2n[nH]c(=O)c3ccccc23)sc1C. The summed E-state index contributed by atoms with van der Waals surface area (Å²) >= 11 is 1.56. The lowest BCUT2D eigenvalue weighted by Crippen LogP contribution is -2.41. The molecule has 0 aliphatic rings. The van der Waals surface area contributed by atoms with Crippen LogP contribution in [0.4, 0.5) is 0 Å². The molecule has 3 aromatic rings. The molecule has 0 aliphatic carbocycles. The summed E-state index contributed by atoms with van der Waals surface area (Å²) in [5.74, 6) is -0.349. The average molecular weight is 342 g/mol. The van der Waals surface area contributed by atoms with Gasteiger partial charge in [0.05, 0.1) is 16.6 Å². The molecule has 0 saturated heterocycles. The fourth-order valence-electron chi connectivity index (χ4n) is 2.42. The van der Waals surface area contributed by atoms with Crippen molar-refractivity contribution in [3.8, 4) is 0 Å². The third kappa shape index (κ3) is 2.82. The Morgan fingerprint density at radius 1 is 1.21 bits per heavy atom. The van der Waals surface area contributed by atoms with E-state index in [1.165, 1.54) is 0 Å². The first kappa shape index (κ1) is 16.3. The van der Waals surface area contributed by atoms with Crippen LogP contribution in [0.5, 0.6) is 0 Å². The van der Waals surface area contributed by atoms with E-state index in [9.17, 15) is 9.59 Å². The first-order valence-electron chi connectivity index (χ1n) is 7.54. The number of hydrogen-bond acceptors (Lipinski definition) is 5. The minimum absolute atomic E-state index is 0.197. The molecule has 0 radical (unpaired) electrons. The van der Waals surface area contributed by atoms with Crippen LogP contribution in [0.1, 0.15) is 39.9 Å². The van der Waals surface area contributed by atoms with Gasteiger partial charge in [0.2, 0.25) is 0 Å². The van der Waals surface area contributed by atoms with Crippen LogP contribution in [0.15, 0.2) is 29.1 Å². The number of fused-ring (bicyclic) bond motifs is 1. The van der Waals surface area contributed by atoms with Crippen molar-refractivity contribution in [1.82, 2.24) is 20.5 Å². The van der Waals surface area contributed by atoms with Gasteiger partial charge in [-0.05, 0) is 33.8 Å². The second-order valence-corrected chi connectivity index (χ2v) is 7.39. The van der Waals surface area contributed by atoms with Gasteiger partial charge >= 0.3 is 0 Å². The lowest BCUT2D eigenvalue weighted by molar-refractivity contribution is 0.0907. The van der Waals surface area contributed by atoms with Crippen LogP contribution >= 0.6 is 11.3 Å². The van der Waals surface area contributed by atoms with Crippen LogP contribution in [-0.4, -0.2) is 21.1 Å². The van der Waals surface area contributed by atoms with Crippen LogP contribution in [0, 0.1) is 13.8 Å². The number of nitrogens with one attached hydrogen (secondary N) is 2. The minimum Gasteiger partial charge on any atom is -0.339 e. The molecule has 2 N–H and O–H groups in total. The first-order valence-corrected chi connectivity index (χ1v) is 8.35. The molecule has 7 heteroatoms. The van der Waals surface area contributed by atoms with Crippen molar-refractivity contribution in [3.05, 3.63) is 55.9 Å². The van der Waals surface area contributed by atoms with E-state index in [-0.39, 0.29) is 17.2 Å². The van der Waals surface area contributed by atoms with Gasteiger partial charge in [-0.3, -0.25) is 9.59 Å². The number of carbonyl (C=O) groups excluding carboxylic acids is 1. The van der Waals surface area contributed by atoms with Crippen LogP contribution in [0.25, 0.3) is 10.8 Å². The zero-order valence-electron chi connectivity index (χ0n) is 13.9. The second-order valence-electron chi connectivity index (χ2n) is 6.19. The summed E-state index contributed by atoms with van der Waals surface area (Å²) < 4.78 is 0. The number of rotatable bonds is 3. The Balaban J connectivity index is 1.98. The maximum absolute atomic E-state index is 12.7. The van der Waals surface area contributed by atoms with Crippen molar-refractivity contribution in [3.63, 3.8) is 0 Å². The largest absolute Gasteiger partial charge is 0.339 e. The highest BCUT2D eigenvalue weighted by Gasteiger charge is 2.28. The van der Waals surface area contributed by atoms with E-state index < -0.39 is 5.54 Å². The number of thiazole rings is 1. The number of carbonyl (C=O) groups is 1. The van der Waals surface area contributed by atoms with Crippen molar-refractivity contribution in [2.75, 3.05) is 0 Å². The molecule has 0 spiro atoms. The van der Waals surface area contributed by atoms with Crippen LogP contribution in [-0.2, 0) is 5.54 Å². The predicted octanol–water partition coefficient (Wildman–Crippen LogP) is 2.66. The topological polar surface area (TPSA) is 87.7 Å². The van der Waals surface area contributed by atoms with Gasteiger partial charge in [-0.1, -0.05) is 18.2 Å². The number of amides is 1. The summed E-state index contributed by atoms with van der Waals surface area (Å²) in [6.45, 7) is 7.75. The van der Waals surface area contributed by atoms with Crippen LogP contribution < -0.4 is 10.9 Å². The fraction of sp³-hybridized carbons (Fsp3) is 0.294. The van der Waals surface area contributed by atoms with E-state index in [0.717, 1.165) is 15.6 Å². The van der Waals surface area contributed by atoms with Gasteiger partial charge in [0.15, 0.2) is 5.69 Å². The number of H-pyrrole nitrogens is 1. The van der Waals surface area contributed by atoms with E-state index in [4.69, 9.17) is 0 Å². The summed E-state index contributed by atoms with van der Waals surface area (Å²) in [4.78, 5) is 30.2. The number of nitrogens with zero attached hydrogens (tertiary/aromatic N) is 2. The summed E-state index contributed by atoms with van der Waals surface area (Å²) in [5.41, 5.74) is 0.209. The van der Waals surface area contributed by atoms with E-state index in [0.29, 0.717) is 10.8 Å². The van der Waals surface area contributed by atoms with Gasteiger partial charge in [0, 0.05) is 10.3 Å². The lowest BCUT2D eigenvalue weighted by Gasteiger charge is -2.23. The highest BCUT2D eigenvalue weighted by atomic mass is 32.1. The molecule has 0 atom stereocenters. The summed E-state index contributed by atoms with van der Waals surface area (Å²) in [5, 5.41) is 11.1. The normalized spacial score (nSPS) is 11.7. The van der Waals surface area contributed by atoms with Gasteiger partial charge in [-0.2, -0.15) is 5.10 Å². The second kappa shape index (κ2) is 5.83. The summed E-state index contributed by atoms with van der Waals surface area (Å²) in [6.07, 6.45) is 0. The first-order chi connectivity index (χ1) is 11.3. The van der Waals surface area contributed by atoms with E-state index in [1.807, 2.05) is 27.7 Å². The minimum atomic E-state index is -0.639. The van der Waals surface area contributed by atoms with Crippen LogP contribution in [0.3, 0.4) is 0 Å². The highest BCUT2D eigenvalue weighted by molar-refractivity contribution is 7.11. The van der Waals surface area contributed by atoms with E-state index in [2.05, 4.69) is 20.5 Å². The highest BCUT2D eigenvalue weighted by Crippen LogP contribution is 2.27. The van der Waals surface area contributed by atoms with Gasteiger partial charge in [0.1, 0.15) is 5.01 Å². The quantitative estimate of drug-likeness (QED) is 0.766. The number of benzene rings is 1. The number of hydrogen-bond donors (Lipinski definition) is 2. The Morgan fingerprint density at radius 3 is 2.50 bits per heavy atom. The predicted molar refractivity (Wildman–Crippen MR) is 94.4 cm³/mol. The number of aromatic nitrogens is 3. The molecule has 6 nitrogen and oxygen atoms in total. The Labute approximate surface area is 143 Å². The van der Waals surface area contributed by atoms with Gasteiger partial charge < -0.3 is 5.32 Å². The number of aryl methyl sites for hydroxylation is 2. The maximum atomic E-state index is 12.7. The third-order valence-electron chi connectivity index (χ3n) is 3.90. The molecular weight excluding hydrogens is 324 g/mol. The van der Waals surface area contributed by atoms with E-state index >= 15 is 0 Å². The van der Waals surface area contributed by atoms with Crippen LogP contribution in [0.2, 0.25) is 0 Å². The van der Waals surface area contributed by atoms with Crippen molar-refractivity contribution < 1.29 is 4.79 Å². The van der Waals surface area contributed by atoms with Crippen molar-refractivity contribution >= 4 is 28.0 Å². The molecule has 1 aromatic carbocycles. The molecule has 0 saturated carbocycles. The molecule has 2 aromatic heterocycles. The summed E-state index contributed by atoms with van der Waals surface area (Å²) in [6, 6.07) is 6.92. The zero-order chi connectivity index (χ0) is 17.5. The molecular formula is C17H18N4O2S. The molecule has 0 aliphatic heterocycles. The lowest BCUT2D eigenvalue weighted by atomic mass is 10.1. The third-order valence-corrected chi connectivity index (χ3v) is 5.30.